The number of hydrogen-bond donors (Lipinski definition) is 2. The number of carbonyl (C=O) groups excluding carboxylic acids is 3. The minimum Gasteiger partial charge on any atom is -0.475 e. The molecule has 1 amide bonds. The predicted molar refractivity (Wildman–Crippen MR) is 146 cm³/mol. The lowest BCUT2D eigenvalue weighted by molar-refractivity contribution is -0.138. The van der Waals surface area contributed by atoms with Crippen LogP contribution in [-0.4, -0.2) is 68.0 Å². The van der Waals surface area contributed by atoms with Gasteiger partial charge in [-0.1, -0.05) is 24.6 Å². The van der Waals surface area contributed by atoms with Crippen LogP contribution in [0.2, 0.25) is 0 Å². The smallest absolute Gasteiger partial charge is 0.410 e. The molecule has 1 aliphatic heterocycles. The van der Waals surface area contributed by atoms with Crippen LogP contribution in [0, 0.1) is 5.92 Å². The molecule has 1 saturated heterocycles. The Hall–Kier alpha value is -3.49. The van der Waals surface area contributed by atoms with E-state index >= 15 is 0 Å². The number of ether oxygens (including phenoxy) is 3. The monoisotopic (exact) mass is 594 g/mol. The number of nitrogens with zero attached hydrogens (tertiary/aromatic N) is 2. The molecule has 14 heteroatoms. The molecule has 226 valence electrons. The van der Waals surface area contributed by atoms with E-state index in [4.69, 9.17) is 19.7 Å². The molecule has 0 unspecified atom stereocenters. The van der Waals surface area contributed by atoms with Gasteiger partial charge in [-0.05, 0) is 69.7 Å². The highest BCUT2D eigenvalue weighted by molar-refractivity contribution is 7.89. The number of nitrogens with one attached hydrogen (secondary N) is 1. The molecule has 3 N–H and O–H groups in total. The molecule has 0 aliphatic carbocycles. The van der Waals surface area contributed by atoms with Crippen LogP contribution in [0.3, 0.4) is 0 Å². The van der Waals surface area contributed by atoms with Crippen molar-refractivity contribution in [3.8, 4) is 5.88 Å². The Morgan fingerprint density at radius 2 is 1.83 bits per heavy atom. The van der Waals surface area contributed by atoms with E-state index in [1.807, 2.05) is 20.8 Å². The maximum Gasteiger partial charge on any atom is 0.410 e. The number of esters is 2. The molecule has 0 spiro atoms. The average molecular weight is 595 g/mol. The SMILES string of the molecule is CC(C)(C)OC(=O)N1CCC(CCCCOc2cc(C(=O)OC(=O)C[C@@H](N)NS(=O)(=O)c3ccccc3)on2)CC1. The first kappa shape index (κ1) is 32.0. The molecule has 1 atom stereocenters. The molecule has 0 saturated carbocycles. The Kier molecular flexibility index (Phi) is 11.3. The number of rotatable bonds is 12. The second-order valence-corrected chi connectivity index (χ2v) is 12.5. The average Bonchev–Trinajstić information content (AvgIpc) is 3.37. The summed E-state index contributed by atoms with van der Waals surface area (Å²) in [6.07, 6.45) is 2.38. The van der Waals surface area contributed by atoms with Crippen LogP contribution < -0.4 is 15.2 Å². The largest absolute Gasteiger partial charge is 0.475 e. The molecule has 0 bridgehead atoms. The number of benzene rings is 1. The number of likely N-dealkylation sites (tertiary alicyclic amines) is 1. The molecule has 1 fully saturated rings. The Balaban J connectivity index is 1.31. The van der Waals surface area contributed by atoms with Crippen LogP contribution in [0.4, 0.5) is 4.79 Å². The van der Waals surface area contributed by atoms with E-state index in [1.165, 1.54) is 18.2 Å². The van der Waals surface area contributed by atoms with Gasteiger partial charge in [0.05, 0.1) is 30.2 Å². The third-order valence-electron chi connectivity index (χ3n) is 6.17. The lowest BCUT2D eigenvalue weighted by Gasteiger charge is -2.33. The quantitative estimate of drug-likeness (QED) is 0.159. The molecule has 1 aliphatic rings. The maximum atomic E-state index is 12.3. The first-order valence-corrected chi connectivity index (χ1v) is 15.0. The number of unbranched alkanes of at least 4 members (excludes halogenated alkanes) is 1. The van der Waals surface area contributed by atoms with Crippen molar-refractivity contribution in [3.05, 3.63) is 42.2 Å². The zero-order valence-corrected chi connectivity index (χ0v) is 24.4. The van der Waals surface area contributed by atoms with Crippen molar-refractivity contribution in [1.82, 2.24) is 14.8 Å². The van der Waals surface area contributed by atoms with Crippen molar-refractivity contribution in [3.63, 3.8) is 0 Å². The summed E-state index contributed by atoms with van der Waals surface area (Å²) in [5.41, 5.74) is 5.20. The summed E-state index contributed by atoms with van der Waals surface area (Å²) in [7, 11) is -3.94. The zero-order valence-electron chi connectivity index (χ0n) is 23.5. The molecule has 13 nitrogen and oxygen atoms in total. The number of sulfonamides is 1. The molecule has 1 aromatic heterocycles. The molecule has 2 aromatic rings. The molecular weight excluding hydrogens is 556 g/mol. The second-order valence-electron chi connectivity index (χ2n) is 10.8. The van der Waals surface area contributed by atoms with Gasteiger partial charge in [0.2, 0.25) is 15.8 Å². The summed E-state index contributed by atoms with van der Waals surface area (Å²) < 4.78 is 47.3. The summed E-state index contributed by atoms with van der Waals surface area (Å²) >= 11 is 0. The maximum absolute atomic E-state index is 12.3. The lowest BCUT2D eigenvalue weighted by atomic mass is 9.92. The first-order valence-electron chi connectivity index (χ1n) is 13.5. The minimum absolute atomic E-state index is 0.0188. The third kappa shape index (κ3) is 10.8. The first-order chi connectivity index (χ1) is 19.3. The molecule has 0 radical (unpaired) electrons. The number of carbonyl (C=O) groups is 3. The fourth-order valence-electron chi connectivity index (χ4n) is 4.15. The molecule has 3 rings (SSSR count). The van der Waals surface area contributed by atoms with E-state index in [1.54, 1.807) is 23.1 Å². The highest BCUT2D eigenvalue weighted by Gasteiger charge is 2.27. The summed E-state index contributed by atoms with van der Waals surface area (Å²) in [6.45, 7) is 7.29. The van der Waals surface area contributed by atoms with Crippen molar-refractivity contribution in [2.75, 3.05) is 19.7 Å². The normalized spacial score (nSPS) is 15.3. The van der Waals surface area contributed by atoms with E-state index in [0.717, 1.165) is 32.1 Å². The fourth-order valence-corrected chi connectivity index (χ4v) is 5.28. The summed E-state index contributed by atoms with van der Waals surface area (Å²) in [4.78, 5) is 38.2. The Morgan fingerprint density at radius 1 is 1.15 bits per heavy atom. The number of aromatic nitrogens is 1. The van der Waals surface area contributed by atoms with E-state index < -0.39 is 40.1 Å². The van der Waals surface area contributed by atoms with Gasteiger partial charge in [0.1, 0.15) is 5.60 Å². The van der Waals surface area contributed by atoms with Crippen LogP contribution in [0.5, 0.6) is 5.88 Å². The van der Waals surface area contributed by atoms with Gasteiger partial charge in [-0.15, -0.1) is 0 Å². The fraction of sp³-hybridized carbons (Fsp3) is 0.556. The highest BCUT2D eigenvalue weighted by Crippen LogP contribution is 2.24. The van der Waals surface area contributed by atoms with E-state index in [2.05, 4.69) is 14.6 Å². The topological polar surface area (TPSA) is 180 Å². The molecule has 41 heavy (non-hydrogen) atoms. The molecule has 1 aromatic carbocycles. The van der Waals surface area contributed by atoms with Gasteiger partial charge in [-0.3, -0.25) is 4.79 Å². The Morgan fingerprint density at radius 3 is 2.49 bits per heavy atom. The number of nitrogens with two attached hydrogens (primary N) is 1. The van der Waals surface area contributed by atoms with Gasteiger partial charge in [0.15, 0.2) is 0 Å². The predicted octanol–water partition coefficient (Wildman–Crippen LogP) is 3.21. The number of hydrogen-bond acceptors (Lipinski definition) is 11. The molecule has 2 heterocycles. The Bertz CT molecular complexity index is 1270. The van der Waals surface area contributed by atoms with Gasteiger partial charge in [-0.2, -0.15) is 4.72 Å². The van der Waals surface area contributed by atoms with Crippen LogP contribution in [0.15, 0.2) is 45.8 Å². The van der Waals surface area contributed by atoms with Crippen LogP contribution in [0.1, 0.15) is 69.9 Å². The van der Waals surface area contributed by atoms with E-state index in [9.17, 15) is 22.8 Å². The second kappa shape index (κ2) is 14.4. The Labute approximate surface area is 239 Å². The molecular formula is C27H38N4O9S. The van der Waals surface area contributed by atoms with E-state index in [-0.39, 0.29) is 22.6 Å². The van der Waals surface area contributed by atoms with Crippen LogP contribution >= 0.6 is 0 Å². The summed E-state index contributed by atoms with van der Waals surface area (Å²) in [5.74, 6) is -1.89. The van der Waals surface area contributed by atoms with Crippen LogP contribution in [0.25, 0.3) is 0 Å². The van der Waals surface area contributed by atoms with E-state index in [0.29, 0.717) is 25.6 Å². The standard InChI is InChI=1S/C27H38N4O9S/c1-27(2,3)39-26(34)31-14-12-19(13-15-31)9-7-8-16-37-23-17-21(40-29-23)25(33)38-24(32)18-22(28)30-41(35,36)20-10-5-4-6-11-20/h4-6,10-11,17,19,22,30H,7-9,12-16,18,28H2,1-3H3/t22-/m0/s1. The van der Waals surface area contributed by atoms with Gasteiger partial charge < -0.3 is 29.4 Å². The van der Waals surface area contributed by atoms with Gasteiger partial charge in [0, 0.05) is 13.1 Å². The number of piperidine rings is 1. The van der Waals surface area contributed by atoms with Crippen molar-refractivity contribution in [2.24, 2.45) is 11.7 Å². The van der Waals surface area contributed by atoms with Gasteiger partial charge in [0.25, 0.3) is 5.88 Å². The number of amides is 1. The van der Waals surface area contributed by atoms with Crippen LogP contribution in [-0.2, 0) is 24.3 Å². The van der Waals surface area contributed by atoms with Crippen molar-refractivity contribution in [2.45, 2.75) is 76.0 Å². The third-order valence-corrected chi connectivity index (χ3v) is 7.67. The van der Waals surface area contributed by atoms with Gasteiger partial charge in [-0.25, -0.2) is 18.0 Å². The zero-order chi connectivity index (χ0) is 30.0. The van der Waals surface area contributed by atoms with Crippen molar-refractivity contribution >= 4 is 28.1 Å². The minimum atomic E-state index is -3.94. The lowest BCUT2D eigenvalue weighted by Crippen LogP contribution is -2.43. The highest BCUT2D eigenvalue weighted by atomic mass is 32.2. The summed E-state index contributed by atoms with van der Waals surface area (Å²) in [6, 6.07) is 8.70. The van der Waals surface area contributed by atoms with Crippen molar-refractivity contribution in [1.29, 1.82) is 0 Å². The van der Waals surface area contributed by atoms with Crippen molar-refractivity contribution < 1.29 is 41.5 Å². The van der Waals surface area contributed by atoms with Gasteiger partial charge >= 0.3 is 18.0 Å². The summed E-state index contributed by atoms with van der Waals surface area (Å²) in [5, 5.41) is 3.65.